The van der Waals surface area contributed by atoms with Crippen molar-refractivity contribution in [2.75, 3.05) is 7.11 Å². The number of hydrogen-bond donors (Lipinski definition) is 1. The van der Waals surface area contributed by atoms with E-state index in [1.54, 1.807) is 18.5 Å². The van der Waals surface area contributed by atoms with E-state index >= 15 is 0 Å². The smallest absolute Gasteiger partial charge is 0.388 e. The van der Waals surface area contributed by atoms with E-state index in [1.165, 1.54) is 13.2 Å². The first kappa shape index (κ1) is 16.9. The summed E-state index contributed by atoms with van der Waals surface area (Å²) >= 11 is 5.75. The number of amides is 1. The molecule has 0 unspecified atom stereocenters. The standard InChI is InChI=1S/C14H12ClF2N3O3/c1-22-11-2-3-18-5-9(11)7-19-12(21)8-4-10(15)13(20-6-8)23-14(16)17/h2-6,14H,7H2,1H3,(H,19,21). The van der Waals surface area contributed by atoms with E-state index in [0.717, 1.165) is 6.20 Å². The van der Waals surface area contributed by atoms with Gasteiger partial charge in [-0.05, 0) is 12.1 Å². The number of hydrogen-bond acceptors (Lipinski definition) is 5. The van der Waals surface area contributed by atoms with E-state index in [9.17, 15) is 13.6 Å². The highest BCUT2D eigenvalue weighted by molar-refractivity contribution is 6.32. The first-order valence-electron chi connectivity index (χ1n) is 6.36. The number of carbonyl (C=O) groups is 1. The highest BCUT2D eigenvalue weighted by Gasteiger charge is 2.14. The molecule has 2 aromatic rings. The number of nitrogens with zero attached hydrogens (tertiary/aromatic N) is 2. The monoisotopic (exact) mass is 343 g/mol. The van der Waals surface area contributed by atoms with Crippen LogP contribution in [0.15, 0.2) is 30.7 Å². The van der Waals surface area contributed by atoms with Gasteiger partial charge in [0.05, 0.1) is 12.7 Å². The molecule has 0 fully saturated rings. The van der Waals surface area contributed by atoms with Crippen molar-refractivity contribution in [2.45, 2.75) is 13.2 Å². The van der Waals surface area contributed by atoms with Gasteiger partial charge in [0, 0.05) is 30.7 Å². The zero-order valence-corrected chi connectivity index (χ0v) is 12.7. The SMILES string of the molecule is COc1ccncc1CNC(=O)c1cnc(OC(F)F)c(Cl)c1. The lowest BCUT2D eigenvalue weighted by molar-refractivity contribution is -0.0527. The van der Waals surface area contributed by atoms with Crippen LogP contribution in [-0.4, -0.2) is 29.6 Å². The van der Waals surface area contributed by atoms with E-state index in [-0.39, 0.29) is 17.1 Å². The number of rotatable bonds is 6. The van der Waals surface area contributed by atoms with Crippen molar-refractivity contribution in [1.29, 1.82) is 0 Å². The van der Waals surface area contributed by atoms with Gasteiger partial charge in [-0.3, -0.25) is 9.78 Å². The Kier molecular flexibility index (Phi) is 5.64. The lowest BCUT2D eigenvalue weighted by Gasteiger charge is -2.10. The second-order valence-electron chi connectivity index (χ2n) is 4.26. The fourth-order valence-electron chi connectivity index (χ4n) is 1.74. The van der Waals surface area contributed by atoms with Gasteiger partial charge in [0.15, 0.2) is 0 Å². The molecule has 122 valence electrons. The zero-order valence-electron chi connectivity index (χ0n) is 11.9. The quantitative estimate of drug-likeness (QED) is 0.873. The second-order valence-corrected chi connectivity index (χ2v) is 4.67. The second kappa shape index (κ2) is 7.68. The van der Waals surface area contributed by atoms with Gasteiger partial charge in [0.2, 0.25) is 5.88 Å². The lowest BCUT2D eigenvalue weighted by atomic mass is 10.2. The number of nitrogens with one attached hydrogen (secondary N) is 1. The molecule has 1 N–H and O–H groups in total. The van der Waals surface area contributed by atoms with Crippen LogP contribution in [-0.2, 0) is 6.54 Å². The molecule has 6 nitrogen and oxygen atoms in total. The largest absolute Gasteiger partial charge is 0.496 e. The Balaban J connectivity index is 2.05. The summed E-state index contributed by atoms with van der Waals surface area (Å²) in [4.78, 5) is 19.6. The van der Waals surface area contributed by atoms with Crippen molar-refractivity contribution in [2.24, 2.45) is 0 Å². The van der Waals surface area contributed by atoms with Gasteiger partial charge in [-0.1, -0.05) is 11.6 Å². The summed E-state index contributed by atoms with van der Waals surface area (Å²) in [5, 5.41) is 2.45. The van der Waals surface area contributed by atoms with Gasteiger partial charge in [0.25, 0.3) is 5.91 Å². The Morgan fingerprint density at radius 2 is 2.22 bits per heavy atom. The number of methoxy groups -OCH3 is 1. The van der Waals surface area contributed by atoms with E-state index in [4.69, 9.17) is 16.3 Å². The Bertz CT molecular complexity index is 701. The van der Waals surface area contributed by atoms with Crippen molar-refractivity contribution in [1.82, 2.24) is 15.3 Å². The van der Waals surface area contributed by atoms with Gasteiger partial charge >= 0.3 is 6.61 Å². The molecular weight excluding hydrogens is 332 g/mol. The molecule has 0 aliphatic heterocycles. The highest BCUT2D eigenvalue weighted by atomic mass is 35.5. The summed E-state index contributed by atoms with van der Waals surface area (Å²) in [7, 11) is 1.51. The van der Waals surface area contributed by atoms with E-state index < -0.39 is 18.4 Å². The Morgan fingerprint density at radius 3 is 2.87 bits per heavy atom. The summed E-state index contributed by atoms with van der Waals surface area (Å²) < 4.78 is 33.5. The van der Waals surface area contributed by atoms with Crippen LogP contribution < -0.4 is 14.8 Å². The maximum Gasteiger partial charge on any atom is 0.388 e. The predicted molar refractivity (Wildman–Crippen MR) is 77.8 cm³/mol. The maximum atomic E-state index is 12.1. The average molecular weight is 344 g/mol. The van der Waals surface area contributed by atoms with Crippen molar-refractivity contribution >= 4 is 17.5 Å². The molecule has 0 spiro atoms. The number of ether oxygens (including phenoxy) is 2. The normalized spacial score (nSPS) is 10.5. The lowest BCUT2D eigenvalue weighted by Crippen LogP contribution is -2.23. The molecule has 0 aliphatic rings. The third kappa shape index (κ3) is 4.49. The van der Waals surface area contributed by atoms with Gasteiger partial charge in [-0.25, -0.2) is 4.98 Å². The summed E-state index contributed by atoms with van der Waals surface area (Å²) in [6, 6.07) is 2.86. The molecule has 0 saturated heterocycles. The zero-order chi connectivity index (χ0) is 16.8. The number of alkyl halides is 2. The fraction of sp³-hybridized carbons (Fsp3) is 0.214. The minimum atomic E-state index is -3.04. The minimum Gasteiger partial charge on any atom is -0.496 e. The minimum absolute atomic E-state index is 0.111. The van der Waals surface area contributed by atoms with Crippen LogP contribution in [0.25, 0.3) is 0 Å². The van der Waals surface area contributed by atoms with Gasteiger partial charge < -0.3 is 14.8 Å². The molecule has 0 aliphatic carbocycles. The Morgan fingerprint density at radius 1 is 1.43 bits per heavy atom. The summed E-state index contributed by atoms with van der Waals surface area (Å²) in [6.45, 7) is -2.87. The van der Waals surface area contributed by atoms with Gasteiger partial charge in [-0.15, -0.1) is 0 Å². The van der Waals surface area contributed by atoms with Crippen LogP contribution in [0, 0.1) is 0 Å². The number of carbonyl (C=O) groups excluding carboxylic acids is 1. The summed E-state index contributed by atoms with van der Waals surface area (Å²) in [5.41, 5.74) is 0.791. The van der Waals surface area contributed by atoms with Crippen molar-refractivity contribution in [3.05, 3.63) is 46.9 Å². The number of pyridine rings is 2. The molecule has 0 bridgehead atoms. The summed E-state index contributed by atoms with van der Waals surface area (Å²) in [5.74, 6) is -0.335. The molecule has 9 heteroatoms. The summed E-state index contributed by atoms with van der Waals surface area (Å²) in [6.07, 6.45) is 4.22. The molecule has 2 heterocycles. The Labute approximate surface area is 135 Å². The van der Waals surface area contributed by atoms with Crippen molar-refractivity contribution in [3.63, 3.8) is 0 Å². The van der Waals surface area contributed by atoms with Crippen LogP contribution >= 0.6 is 11.6 Å². The van der Waals surface area contributed by atoms with E-state index in [2.05, 4.69) is 20.0 Å². The van der Waals surface area contributed by atoms with Crippen molar-refractivity contribution in [3.8, 4) is 11.6 Å². The first-order chi connectivity index (χ1) is 11.0. The third-order valence-electron chi connectivity index (χ3n) is 2.79. The molecule has 2 rings (SSSR count). The molecule has 2 aromatic heterocycles. The molecule has 0 saturated carbocycles. The maximum absolute atomic E-state index is 12.1. The molecule has 23 heavy (non-hydrogen) atoms. The topological polar surface area (TPSA) is 73.3 Å². The van der Waals surface area contributed by atoms with Crippen LogP contribution in [0.5, 0.6) is 11.6 Å². The molecule has 0 atom stereocenters. The predicted octanol–water partition coefficient (Wildman–Crippen LogP) is 2.67. The van der Waals surface area contributed by atoms with E-state index in [1.807, 2.05) is 0 Å². The Hall–Kier alpha value is -2.48. The average Bonchev–Trinajstić information content (AvgIpc) is 2.54. The molecule has 0 aromatic carbocycles. The van der Waals surface area contributed by atoms with Crippen molar-refractivity contribution < 1.29 is 23.0 Å². The fourth-order valence-corrected chi connectivity index (χ4v) is 1.96. The van der Waals surface area contributed by atoms with E-state index in [0.29, 0.717) is 11.3 Å². The third-order valence-corrected chi connectivity index (χ3v) is 3.06. The number of halogens is 3. The van der Waals surface area contributed by atoms with Crippen LogP contribution in [0.2, 0.25) is 5.02 Å². The molecule has 0 radical (unpaired) electrons. The highest BCUT2D eigenvalue weighted by Crippen LogP contribution is 2.24. The van der Waals surface area contributed by atoms with Crippen LogP contribution in [0.3, 0.4) is 0 Å². The van der Waals surface area contributed by atoms with Gasteiger partial charge in [-0.2, -0.15) is 8.78 Å². The first-order valence-corrected chi connectivity index (χ1v) is 6.74. The van der Waals surface area contributed by atoms with Gasteiger partial charge in [0.1, 0.15) is 10.8 Å². The van der Waals surface area contributed by atoms with Crippen LogP contribution in [0.4, 0.5) is 8.78 Å². The van der Waals surface area contributed by atoms with Crippen LogP contribution in [0.1, 0.15) is 15.9 Å². The molecular formula is C14H12ClF2N3O3. The molecule has 1 amide bonds. The number of aromatic nitrogens is 2.